The second kappa shape index (κ2) is 5.84. The van der Waals surface area contributed by atoms with E-state index in [2.05, 4.69) is 35.1 Å². The molecule has 0 aromatic heterocycles. The van der Waals surface area contributed by atoms with Gasteiger partial charge in [0.15, 0.2) is 0 Å². The van der Waals surface area contributed by atoms with E-state index in [4.69, 9.17) is 17.3 Å². The summed E-state index contributed by atoms with van der Waals surface area (Å²) < 4.78 is 0.917. The molecule has 0 amide bonds. The molecule has 2 rings (SSSR count). The first-order valence-corrected chi connectivity index (χ1v) is 8.70. The van der Waals surface area contributed by atoms with Crippen molar-refractivity contribution in [2.45, 2.75) is 25.8 Å². The number of nitrogens with one attached hydrogen (secondary N) is 1. The van der Waals surface area contributed by atoms with Gasteiger partial charge in [0.2, 0.25) is 0 Å². The van der Waals surface area contributed by atoms with Crippen LogP contribution >= 0.6 is 39.3 Å². The number of hydrogen-bond acceptors (Lipinski definition) is 3. The third-order valence-electron chi connectivity index (χ3n) is 3.41. The Labute approximate surface area is 133 Å². The van der Waals surface area contributed by atoms with Gasteiger partial charge in [0.05, 0.1) is 10.6 Å². The molecule has 1 aromatic carbocycles. The highest BCUT2D eigenvalue weighted by molar-refractivity contribution is 9.10. The van der Waals surface area contributed by atoms with Crippen molar-refractivity contribution in [3.05, 3.63) is 27.7 Å². The molecule has 0 bridgehead atoms. The number of anilines is 1. The Morgan fingerprint density at radius 2 is 2.16 bits per heavy atom. The molecule has 1 saturated heterocycles. The summed E-state index contributed by atoms with van der Waals surface area (Å²) >= 11 is 11.5. The van der Waals surface area contributed by atoms with Crippen LogP contribution in [0.3, 0.4) is 0 Å². The van der Waals surface area contributed by atoms with E-state index in [1.54, 1.807) is 0 Å². The van der Waals surface area contributed by atoms with E-state index in [1.807, 2.05) is 30.0 Å². The van der Waals surface area contributed by atoms with Crippen molar-refractivity contribution >= 4 is 45.0 Å². The van der Waals surface area contributed by atoms with Gasteiger partial charge in [-0.15, -0.1) is 0 Å². The van der Waals surface area contributed by atoms with Crippen molar-refractivity contribution in [2.24, 2.45) is 11.1 Å². The lowest BCUT2D eigenvalue weighted by atomic mass is 9.79. The second-order valence-electron chi connectivity index (χ2n) is 6.07. The topological polar surface area (TPSA) is 38.0 Å². The molecular formula is C14H20BrClN2S. The number of hydrogen-bond donors (Lipinski definition) is 2. The van der Waals surface area contributed by atoms with Gasteiger partial charge in [-0.25, -0.2) is 0 Å². The monoisotopic (exact) mass is 362 g/mol. The molecule has 2 nitrogen and oxygen atoms in total. The Morgan fingerprint density at radius 3 is 2.74 bits per heavy atom. The molecule has 0 radical (unpaired) electrons. The molecule has 1 atom stereocenters. The normalized spacial score (nSPS) is 26.2. The molecule has 1 aromatic rings. The molecule has 0 spiro atoms. The average molecular weight is 364 g/mol. The van der Waals surface area contributed by atoms with E-state index in [-0.39, 0.29) is 5.54 Å². The van der Waals surface area contributed by atoms with Gasteiger partial charge in [0, 0.05) is 22.5 Å². The van der Waals surface area contributed by atoms with Crippen LogP contribution in [0.4, 0.5) is 5.69 Å². The summed E-state index contributed by atoms with van der Waals surface area (Å²) in [4.78, 5) is 0. The van der Waals surface area contributed by atoms with E-state index in [0.29, 0.717) is 12.0 Å². The third-order valence-corrected chi connectivity index (χ3v) is 6.38. The van der Waals surface area contributed by atoms with E-state index in [9.17, 15) is 0 Å². The summed E-state index contributed by atoms with van der Waals surface area (Å²) in [5, 5.41) is 4.34. The molecule has 0 aliphatic carbocycles. The molecule has 1 unspecified atom stereocenters. The van der Waals surface area contributed by atoms with Crippen molar-refractivity contribution in [3.63, 3.8) is 0 Å². The minimum atomic E-state index is -0.0381. The SMILES string of the molecule is CC1(C)CSCC(CN)(Nc2ccc(Br)c(Cl)c2)C1. The predicted molar refractivity (Wildman–Crippen MR) is 90.3 cm³/mol. The Kier molecular flexibility index (Phi) is 4.76. The maximum absolute atomic E-state index is 6.15. The van der Waals surface area contributed by atoms with E-state index in [0.717, 1.165) is 27.4 Å². The van der Waals surface area contributed by atoms with Crippen LogP contribution in [0.5, 0.6) is 0 Å². The first-order valence-electron chi connectivity index (χ1n) is 6.37. The van der Waals surface area contributed by atoms with Crippen LogP contribution < -0.4 is 11.1 Å². The van der Waals surface area contributed by atoms with Crippen molar-refractivity contribution in [3.8, 4) is 0 Å². The maximum atomic E-state index is 6.15. The number of thioether (sulfide) groups is 1. The fourth-order valence-electron chi connectivity index (χ4n) is 2.68. The summed E-state index contributed by atoms with van der Waals surface area (Å²) in [6.45, 7) is 5.25. The fourth-order valence-corrected chi connectivity index (χ4v) is 4.55. The minimum absolute atomic E-state index is 0.0381. The van der Waals surface area contributed by atoms with Crippen LogP contribution in [0.2, 0.25) is 5.02 Å². The second-order valence-corrected chi connectivity index (χ2v) is 8.32. The van der Waals surface area contributed by atoms with Gasteiger partial charge >= 0.3 is 0 Å². The van der Waals surface area contributed by atoms with Gasteiger partial charge in [-0.05, 0) is 51.7 Å². The summed E-state index contributed by atoms with van der Waals surface area (Å²) in [6.07, 6.45) is 1.08. The average Bonchev–Trinajstić information content (AvgIpc) is 2.33. The minimum Gasteiger partial charge on any atom is -0.377 e. The fraction of sp³-hybridized carbons (Fsp3) is 0.571. The summed E-state index contributed by atoms with van der Waals surface area (Å²) in [5.74, 6) is 2.23. The highest BCUT2D eigenvalue weighted by Gasteiger charge is 2.39. The van der Waals surface area contributed by atoms with Crippen molar-refractivity contribution in [1.82, 2.24) is 0 Å². The molecular weight excluding hydrogens is 344 g/mol. The molecule has 1 aliphatic rings. The van der Waals surface area contributed by atoms with Crippen LogP contribution in [0.25, 0.3) is 0 Å². The zero-order chi connectivity index (χ0) is 14.1. The van der Waals surface area contributed by atoms with Gasteiger partial charge in [0.25, 0.3) is 0 Å². The van der Waals surface area contributed by atoms with Gasteiger partial charge in [0.1, 0.15) is 0 Å². The highest BCUT2D eigenvalue weighted by atomic mass is 79.9. The van der Waals surface area contributed by atoms with Crippen LogP contribution in [-0.2, 0) is 0 Å². The Morgan fingerprint density at radius 1 is 1.42 bits per heavy atom. The van der Waals surface area contributed by atoms with Crippen molar-refractivity contribution in [2.75, 3.05) is 23.4 Å². The van der Waals surface area contributed by atoms with Crippen molar-refractivity contribution < 1.29 is 0 Å². The third kappa shape index (κ3) is 3.81. The summed E-state index contributed by atoms with van der Waals surface area (Å²) in [5.41, 5.74) is 7.37. The van der Waals surface area contributed by atoms with Crippen LogP contribution in [0.1, 0.15) is 20.3 Å². The zero-order valence-corrected chi connectivity index (χ0v) is 14.5. The molecule has 0 saturated carbocycles. The molecule has 106 valence electrons. The predicted octanol–water partition coefficient (Wildman–Crippen LogP) is 4.38. The van der Waals surface area contributed by atoms with Gasteiger partial charge in [-0.1, -0.05) is 25.4 Å². The quantitative estimate of drug-likeness (QED) is 0.837. The van der Waals surface area contributed by atoms with E-state index >= 15 is 0 Å². The van der Waals surface area contributed by atoms with Crippen molar-refractivity contribution in [1.29, 1.82) is 0 Å². The van der Waals surface area contributed by atoms with Crippen LogP contribution in [0.15, 0.2) is 22.7 Å². The zero-order valence-electron chi connectivity index (χ0n) is 11.3. The standard InChI is InChI=1S/C14H20BrClN2S/c1-13(2)6-14(7-17,9-19-8-13)18-10-3-4-11(15)12(16)5-10/h3-5,18H,6-9,17H2,1-2H3. The molecule has 1 heterocycles. The Bertz CT molecular complexity index is 467. The first-order chi connectivity index (χ1) is 8.86. The molecule has 1 fully saturated rings. The van der Waals surface area contributed by atoms with Gasteiger partial charge < -0.3 is 11.1 Å². The Hall–Kier alpha value is 0.1000. The highest BCUT2D eigenvalue weighted by Crippen LogP contribution is 2.40. The summed E-state index contributed by atoms with van der Waals surface area (Å²) in [6, 6.07) is 5.96. The summed E-state index contributed by atoms with van der Waals surface area (Å²) in [7, 11) is 0. The molecule has 5 heteroatoms. The van der Waals surface area contributed by atoms with Crippen LogP contribution in [-0.4, -0.2) is 23.6 Å². The Balaban J connectivity index is 2.20. The molecule has 3 N–H and O–H groups in total. The smallest absolute Gasteiger partial charge is 0.0591 e. The lowest BCUT2D eigenvalue weighted by Gasteiger charge is -2.45. The first kappa shape index (κ1) is 15.5. The number of benzene rings is 1. The number of nitrogens with two attached hydrogens (primary N) is 1. The molecule has 19 heavy (non-hydrogen) atoms. The maximum Gasteiger partial charge on any atom is 0.0591 e. The van der Waals surface area contributed by atoms with Gasteiger partial charge in [-0.3, -0.25) is 0 Å². The number of rotatable bonds is 3. The lowest BCUT2D eigenvalue weighted by molar-refractivity contribution is 0.290. The molecule has 1 aliphatic heterocycles. The lowest BCUT2D eigenvalue weighted by Crippen LogP contribution is -2.53. The largest absolute Gasteiger partial charge is 0.377 e. The van der Waals surface area contributed by atoms with E-state index in [1.165, 1.54) is 5.75 Å². The van der Waals surface area contributed by atoms with Crippen LogP contribution in [0, 0.1) is 5.41 Å². The van der Waals surface area contributed by atoms with Gasteiger partial charge in [-0.2, -0.15) is 11.8 Å². The van der Waals surface area contributed by atoms with E-state index < -0.39 is 0 Å². The number of halogens is 2.